The van der Waals surface area contributed by atoms with Crippen LogP contribution in [0.3, 0.4) is 0 Å². The summed E-state index contributed by atoms with van der Waals surface area (Å²) in [4.78, 5) is -0.431. The summed E-state index contributed by atoms with van der Waals surface area (Å²) in [5.74, 6) is -1.96. The summed E-state index contributed by atoms with van der Waals surface area (Å²) in [7, 11) is -3.68. The van der Waals surface area contributed by atoms with Crippen LogP contribution in [0, 0.1) is 11.6 Å². The normalized spacial score (nSPS) is 11.7. The van der Waals surface area contributed by atoms with E-state index < -0.39 is 26.4 Å². The second-order valence-corrected chi connectivity index (χ2v) is 6.07. The highest BCUT2D eigenvalue weighted by Crippen LogP contribution is 2.17. The smallest absolute Gasteiger partial charge is 0.181 e. The topological polar surface area (TPSA) is 46.2 Å². The summed E-state index contributed by atoms with van der Waals surface area (Å²) >= 11 is 0. The Hall–Kier alpha value is -1.01. The van der Waals surface area contributed by atoms with Crippen molar-refractivity contribution in [2.75, 3.05) is 18.8 Å². The number of benzene rings is 1. The molecular formula is C12H17F2NO2S. The van der Waals surface area contributed by atoms with Gasteiger partial charge in [0, 0.05) is 6.07 Å². The van der Waals surface area contributed by atoms with Crippen molar-refractivity contribution in [3.05, 3.63) is 29.8 Å². The molecule has 1 aromatic rings. The minimum absolute atomic E-state index is 0.147. The van der Waals surface area contributed by atoms with Crippen LogP contribution in [0.25, 0.3) is 0 Å². The van der Waals surface area contributed by atoms with Crippen molar-refractivity contribution in [3.8, 4) is 0 Å². The maximum absolute atomic E-state index is 13.3. The van der Waals surface area contributed by atoms with Gasteiger partial charge in [0.15, 0.2) is 9.84 Å². The summed E-state index contributed by atoms with van der Waals surface area (Å²) in [5.41, 5.74) is 0. The fourth-order valence-electron chi connectivity index (χ4n) is 1.53. The lowest BCUT2D eigenvalue weighted by Crippen LogP contribution is -2.19. The Bertz CT molecular complexity index is 489. The number of halogens is 2. The molecule has 0 unspecified atom stereocenters. The third-order valence-electron chi connectivity index (χ3n) is 2.42. The van der Waals surface area contributed by atoms with Gasteiger partial charge >= 0.3 is 0 Å². The second-order valence-electron chi connectivity index (χ2n) is 4.00. The average molecular weight is 277 g/mol. The molecule has 0 heterocycles. The van der Waals surface area contributed by atoms with Crippen molar-refractivity contribution in [3.63, 3.8) is 0 Å². The molecule has 1 rings (SSSR count). The fraction of sp³-hybridized carbons (Fsp3) is 0.500. The van der Waals surface area contributed by atoms with Crippen molar-refractivity contribution in [2.45, 2.75) is 24.7 Å². The molecule has 0 aliphatic carbocycles. The Morgan fingerprint density at radius 3 is 2.56 bits per heavy atom. The van der Waals surface area contributed by atoms with Gasteiger partial charge in [0.25, 0.3) is 0 Å². The SMILES string of the molecule is CCCNCCCS(=O)(=O)c1ccc(F)cc1F. The van der Waals surface area contributed by atoms with E-state index in [0.717, 1.165) is 25.1 Å². The van der Waals surface area contributed by atoms with E-state index in [9.17, 15) is 17.2 Å². The quantitative estimate of drug-likeness (QED) is 0.613. The molecule has 0 atom stereocenters. The van der Waals surface area contributed by atoms with E-state index in [4.69, 9.17) is 0 Å². The van der Waals surface area contributed by atoms with E-state index in [0.29, 0.717) is 19.0 Å². The highest BCUT2D eigenvalue weighted by atomic mass is 32.2. The van der Waals surface area contributed by atoms with Crippen molar-refractivity contribution in [1.29, 1.82) is 0 Å². The lowest BCUT2D eigenvalue weighted by molar-refractivity contribution is 0.547. The van der Waals surface area contributed by atoms with E-state index in [1.165, 1.54) is 0 Å². The molecule has 102 valence electrons. The van der Waals surface area contributed by atoms with E-state index in [-0.39, 0.29) is 5.75 Å². The molecule has 18 heavy (non-hydrogen) atoms. The molecule has 0 saturated carbocycles. The molecule has 0 saturated heterocycles. The summed E-state index contributed by atoms with van der Waals surface area (Å²) < 4.78 is 49.6. The third kappa shape index (κ3) is 4.34. The second kappa shape index (κ2) is 6.80. The molecule has 0 aliphatic rings. The summed E-state index contributed by atoms with van der Waals surface area (Å²) in [5, 5.41) is 3.06. The molecule has 0 aromatic heterocycles. The van der Waals surface area contributed by atoms with Gasteiger partial charge in [0.05, 0.1) is 5.75 Å². The van der Waals surface area contributed by atoms with Crippen LogP contribution in [0.5, 0.6) is 0 Å². The molecule has 0 bridgehead atoms. The Morgan fingerprint density at radius 1 is 1.22 bits per heavy atom. The van der Waals surface area contributed by atoms with Gasteiger partial charge in [-0.05, 0) is 38.1 Å². The van der Waals surface area contributed by atoms with Gasteiger partial charge in [-0.25, -0.2) is 17.2 Å². The van der Waals surface area contributed by atoms with Crippen LogP contribution < -0.4 is 5.32 Å². The number of nitrogens with one attached hydrogen (secondary N) is 1. The first-order valence-corrected chi connectivity index (χ1v) is 7.51. The minimum Gasteiger partial charge on any atom is -0.317 e. The van der Waals surface area contributed by atoms with Gasteiger partial charge in [-0.2, -0.15) is 0 Å². The summed E-state index contributed by atoms with van der Waals surface area (Å²) in [6, 6.07) is 2.51. The zero-order valence-electron chi connectivity index (χ0n) is 10.2. The van der Waals surface area contributed by atoms with Crippen LogP contribution in [0.4, 0.5) is 8.78 Å². The zero-order chi connectivity index (χ0) is 13.6. The Labute approximate surface area is 106 Å². The van der Waals surface area contributed by atoms with E-state index in [1.54, 1.807) is 0 Å². The van der Waals surface area contributed by atoms with Crippen LogP contribution in [0.15, 0.2) is 23.1 Å². The molecule has 0 aliphatic heterocycles. The number of sulfone groups is 1. The van der Waals surface area contributed by atoms with Gasteiger partial charge in [0.1, 0.15) is 16.5 Å². The van der Waals surface area contributed by atoms with Crippen molar-refractivity contribution < 1.29 is 17.2 Å². The number of hydrogen-bond donors (Lipinski definition) is 1. The number of rotatable bonds is 7. The predicted octanol–water partition coefficient (Wildman–Crippen LogP) is 2.13. The first-order chi connectivity index (χ1) is 8.47. The van der Waals surface area contributed by atoms with Crippen molar-refractivity contribution in [1.82, 2.24) is 5.32 Å². The van der Waals surface area contributed by atoms with E-state index in [2.05, 4.69) is 5.32 Å². The first kappa shape index (κ1) is 15.0. The van der Waals surface area contributed by atoms with E-state index >= 15 is 0 Å². The first-order valence-electron chi connectivity index (χ1n) is 5.86. The number of hydrogen-bond acceptors (Lipinski definition) is 3. The fourth-order valence-corrected chi connectivity index (χ4v) is 2.90. The predicted molar refractivity (Wildman–Crippen MR) is 66.2 cm³/mol. The minimum atomic E-state index is -3.68. The lowest BCUT2D eigenvalue weighted by Gasteiger charge is -2.06. The molecule has 0 radical (unpaired) electrons. The van der Waals surface area contributed by atoms with Gasteiger partial charge in [0.2, 0.25) is 0 Å². The average Bonchev–Trinajstić information content (AvgIpc) is 2.28. The molecule has 0 spiro atoms. The lowest BCUT2D eigenvalue weighted by atomic mass is 10.3. The molecule has 1 N–H and O–H groups in total. The zero-order valence-corrected chi connectivity index (χ0v) is 11.1. The highest BCUT2D eigenvalue weighted by Gasteiger charge is 2.19. The monoisotopic (exact) mass is 277 g/mol. The van der Waals surface area contributed by atoms with Crippen LogP contribution >= 0.6 is 0 Å². The molecule has 1 aromatic carbocycles. The third-order valence-corrected chi connectivity index (χ3v) is 4.25. The van der Waals surface area contributed by atoms with Gasteiger partial charge < -0.3 is 5.32 Å². The Balaban J connectivity index is 2.63. The Morgan fingerprint density at radius 2 is 1.94 bits per heavy atom. The maximum atomic E-state index is 13.3. The molecule has 3 nitrogen and oxygen atoms in total. The molecule has 0 amide bonds. The van der Waals surface area contributed by atoms with Gasteiger partial charge in [-0.15, -0.1) is 0 Å². The van der Waals surface area contributed by atoms with Crippen LogP contribution in [0.1, 0.15) is 19.8 Å². The summed E-state index contributed by atoms with van der Waals surface area (Å²) in [6.07, 6.45) is 1.37. The van der Waals surface area contributed by atoms with Crippen molar-refractivity contribution in [2.24, 2.45) is 0 Å². The maximum Gasteiger partial charge on any atom is 0.181 e. The van der Waals surface area contributed by atoms with Crippen molar-refractivity contribution >= 4 is 9.84 Å². The molecule has 0 fully saturated rings. The summed E-state index contributed by atoms with van der Waals surface area (Å²) in [6.45, 7) is 3.40. The highest BCUT2D eigenvalue weighted by molar-refractivity contribution is 7.91. The molecule has 6 heteroatoms. The standard InChI is InChI=1S/C12H17F2NO2S/c1-2-6-15-7-3-8-18(16,17)12-5-4-10(13)9-11(12)14/h4-5,9,15H,2-3,6-8H2,1H3. The van der Waals surface area contributed by atoms with Gasteiger partial charge in [-0.3, -0.25) is 0 Å². The van der Waals surface area contributed by atoms with E-state index in [1.807, 2.05) is 6.92 Å². The molecular weight excluding hydrogens is 260 g/mol. The van der Waals surface area contributed by atoms with Crippen LogP contribution in [-0.2, 0) is 9.84 Å². The van der Waals surface area contributed by atoms with Gasteiger partial charge in [-0.1, -0.05) is 6.92 Å². The Kier molecular flexibility index (Phi) is 5.68. The van der Waals surface area contributed by atoms with Crippen LogP contribution in [-0.4, -0.2) is 27.3 Å². The van der Waals surface area contributed by atoms with Crippen LogP contribution in [0.2, 0.25) is 0 Å². The largest absolute Gasteiger partial charge is 0.317 e.